The third-order valence-corrected chi connectivity index (χ3v) is 6.68. The number of hydrogen-bond donors (Lipinski definition) is 1. The van der Waals surface area contributed by atoms with Crippen LogP contribution < -0.4 is 9.62 Å². The summed E-state index contributed by atoms with van der Waals surface area (Å²) in [4.78, 5) is 27.6. The lowest BCUT2D eigenvalue weighted by Gasteiger charge is -2.32. The predicted octanol–water partition coefficient (Wildman–Crippen LogP) is 3.61. The highest BCUT2D eigenvalue weighted by Crippen LogP contribution is 2.24. The molecule has 2 amide bonds. The Balaban J connectivity index is 2.39. The molecule has 0 fully saturated rings. The van der Waals surface area contributed by atoms with Crippen molar-refractivity contribution in [2.45, 2.75) is 46.2 Å². The summed E-state index contributed by atoms with van der Waals surface area (Å²) in [5, 5.41) is 3.37. The van der Waals surface area contributed by atoms with Gasteiger partial charge in [-0.15, -0.1) is 0 Å². The number of aryl methyl sites for hydroxylation is 1. The van der Waals surface area contributed by atoms with Crippen molar-refractivity contribution in [3.63, 3.8) is 0 Å². The molecule has 0 aliphatic heterocycles. The van der Waals surface area contributed by atoms with Crippen LogP contribution in [0.15, 0.2) is 48.5 Å². The van der Waals surface area contributed by atoms with Gasteiger partial charge in [0.1, 0.15) is 12.6 Å². The minimum atomic E-state index is -3.75. The molecule has 2 aromatic carbocycles. The van der Waals surface area contributed by atoms with Crippen molar-refractivity contribution in [2.24, 2.45) is 0 Å². The minimum Gasteiger partial charge on any atom is -0.354 e. The van der Waals surface area contributed by atoms with Crippen LogP contribution in [0, 0.1) is 0 Å². The van der Waals surface area contributed by atoms with E-state index in [2.05, 4.69) is 5.32 Å². The summed E-state index contributed by atoms with van der Waals surface area (Å²) in [5.74, 6) is -0.764. The maximum absolute atomic E-state index is 13.5. The molecule has 1 atom stereocenters. The van der Waals surface area contributed by atoms with Crippen LogP contribution in [0.3, 0.4) is 0 Å². The molecule has 0 saturated carbocycles. The Morgan fingerprint density at radius 3 is 2.27 bits per heavy atom. The summed E-state index contributed by atoms with van der Waals surface area (Å²) in [6.07, 6.45) is 2.45. The first kappa shape index (κ1) is 26.7. The third-order valence-electron chi connectivity index (χ3n) is 5.30. The molecular formula is C24H32ClN3O4S. The quantitative estimate of drug-likeness (QED) is 0.518. The van der Waals surface area contributed by atoms with Crippen LogP contribution in [0.5, 0.6) is 0 Å². The van der Waals surface area contributed by atoms with Gasteiger partial charge in [0.15, 0.2) is 0 Å². The zero-order valence-electron chi connectivity index (χ0n) is 19.5. The van der Waals surface area contributed by atoms with Crippen molar-refractivity contribution < 1.29 is 18.0 Å². The van der Waals surface area contributed by atoms with Crippen molar-refractivity contribution >= 4 is 39.1 Å². The number of anilines is 1. The molecule has 9 heteroatoms. The monoisotopic (exact) mass is 493 g/mol. The lowest BCUT2D eigenvalue weighted by Crippen LogP contribution is -2.51. The van der Waals surface area contributed by atoms with Gasteiger partial charge >= 0.3 is 0 Å². The third kappa shape index (κ3) is 7.47. The van der Waals surface area contributed by atoms with E-state index in [0.717, 1.165) is 28.1 Å². The fourth-order valence-corrected chi connectivity index (χ4v) is 4.42. The van der Waals surface area contributed by atoms with E-state index in [4.69, 9.17) is 11.6 Å². The highest BCUT2D eigenvalue weighted by Gasteiger charge is 2.30. The number of para-hydroxylation sites is 1. The lowest BCUT2D eigenvalue weighted by atomic mass is 10.1. The number of halogens is 1. The Bertz CT molecular complexity index is 1060. The van der Waals surface area contributed by atoms with Gasteiger partial charge in [0, 0.05) is 18.1 Å². The number of amides is 2. The molecule has 0 saturated heterocycles. The van der Waals surface area contributed by atoms with Crippen LogP contribution in [0.1, 0.15) is 38.3 Å². The highest BCUT2D eigenvalue weighted by atomic mass is 35.5. The van der Waals surface area contributed by atoms with Gasteiger partial charge in [0.05, 0.1) is 11.9 Å². The zero-order chi connectivity index (χ0) is 24.6. The number of nitrogens with zero attached hydrogens (tertiary/aromatic N) is 2. The van der Waals surface area contributed by atoms with Crippen LogP contribution in [-0.2, 0) is 32.6 Å². The molecule has 0 aliphatic rings. The summed E-state index contributed by atoms with van der Waals surface area (Å²) in [6, 6.07) is 13.3. The lowest BCUT2D eigenvalue weighted by molar-refractivity contribution is -0.139. The molecule has 33 heavy (non-hydrogen) atoms. The number of nitrogens with one attached hydrogen (secondary N) is 1. The smallest absolute Gasteiger partial charge is 0.244 e. The second-order valence-electron chi connectivity index (χ2n) is 7.87. The first-order chi connectivity index (χ1) is 15.6. The molecule has 0 radical (unpaired) electrons. The van der Waals surface area contributed by atoms with E-state index in [1.807, 2.05) is 26.0 Å². The largest absolute Gasteiger partial charge is 0.354 e. The zero-order valence-corrected chi connectivity index (χ0v) is 21.1. The van der Waals surface area contributed by atoms with Crippen LogP contribution in [0.2, 0.25) is 5.02 Å². The summed E-state index contributed by atoms with van der Waals surface area (Å²) in [6.45, 7) is 5.73. The van der Waals surface area contributed by atoms with Gasteiger partial charge in [-0.05, 0) is 49.1 Å². The molecule has 0 heterocycles. The molecule has 0 bridgehead atoms. The van der Waals surface area contributed by atoms with E-state index in [1.165, 1.54) is 4.90 Å². The number of carbonyl (C=O) groups is 2. The SMILES string of the molecule is CCCNC(=O)[C@@H](C)N(Cc1ccc(Cl)cc1)C(=O)CN(c1ccccc1CC)S(C)(=O)=O. The second kappa shape index (κ2) is 12.0. The van der Waals surface area contributed by atoms with Crippen LogP contribution in [0.4, 0.5) is 5.69 Å². The van der Waals surface area contributed by atoms with Gasteiger partial charge in [0.25, 0.3) is 0 Å². The van der Waals surface area contributed by atoms with Gasteiger partial charge < -0.3 is 10.2 Å². The van der Waals surface area contributed by atoms with Crippen LogP contribution in [0.25, 0.3) is 0 Å². The number of benzene rings is 2. The Morgan fingerprint density at radius 2 is 1.70 bits per heavy atom. The molecule has 0 aliphatic carbocycles. The van der Waals surface area contributed by atoms with Gasteiger partial charge in [-0.3, -0.25) is 13.9 Å². The maximum atomic E-state index is 13.5. The van der Waals surface area contributed by atoms with E-state index in [-0.39, 0.29) is 12.5 Å². The number of rotatable bonds is 11. The molecule has 2 rings (SSSR count). The Labute approximate surface area is 201 Å². The van der Waals surface area contributed by atoms with E-state index in [1.54, 1.807) is 43.3 Å². The van der Waals surface area contributed by atoms with E-state index in [0.29, 0.717) is 23.7 Å². The highest BCUT2D eigenvalue weighted by molar-refractivity contribution is 7.92. The summed E-state index contributed by atoms with van der Waals surface area (Å²) in [7, 11) is -3.75. The molecular weight excluding hydrogens is 462 g/mol. The number of sulfonamides is 1. The molecule has 2 aromatic rings. The van der Waals surface area contributed by atoms with Crippen LogP contribution in [-0.4, -0.2) is 50.5 Å². The number of hydrogen-bond acceptors (Lipinski definition) is 4. The average molecular weight is 494 g/mol. The Hall–Kier alpha value is -2.58. The van der Waals surface area contributed by atoms with Crippen molar-refractivity contribution in [2.75, 3.05) is 23.7 Å². The Morgan fingerprint density at radius 1 is 1.06 bits per heavy atom. The first-order valence-corrected chi connectivity index (χ1v) is 13.2. The normalized spacial score (nSPS) is 12.2. The molecule has 0 spiro atoms. The van der Waals surface area contributed by atoms with E-state index < -0.39 is 28.5 Å². The molecule has 7 nitrogen and oxygen atoms in total. The van der Waals surface area contributed by atoms with Crippen molar-refractivity contribution in [3.8, 4) is 0 Å². The fourth-order valence-electron chi connectivity index (χ4n) is 3.41. The van der Waals surface area contributed by atoms with Gasteiger partial charge in [0.2, 0.25) is 21.8 Å². The standard InChI is InChI=1S/C24H32ClN3O4S/c1-5-15-26-24(30)18(3)27(16-19-11-13-21(25)14-12-19)23(29)17-28(33(4,31)32)22-10-8-7-9-20(22)6-2/h7-14,18H,5-6,15-17H2,1-4H3,(H,26,30)/t18-/m1/s1. The number of carbonyl (C=O) groups excluding carboxylic acids is 2. The fraction of sp³-hybridized carbons (Fsp3) is 0.417. The van der Waals surface area contributed by atoms with Gasteiger partial charge in [-0.2, -0.15) is 0 Å². The first-order valence-electron chi connectivity index (χ1n) is 11.0. The average Bonchev–Trinajstić information content (AvgIpc) is 2.79. The molecule has 0 aromatic heterocycles. The summed E-state index contributed by atoms with van der Waals surface area (Å²) in [5.41, 5.74) is 2.06. The molecule has 0 unspecified atom stereocenters. The maximum Gasteiger partial charge on any atom is 0.244 e. The van der Waals surface area contributed by atoms with Crippen molar-refractivity contribution in [1.82, 2.24) is 10.2 Å². The minimum absolute atomic E-state index is 0.143. The van der Waals surface area contributed by atoms with E-state index in [9.17, 15) is 18.0 Å². The van der Waals surface area contributed by atoms with Crippen molar-refractivity contribution in [1.29, 1.82) is 0 Å². The predicted molar refractivity (Wildman–Crippen MR) is 133 cm³/mol. The topological polar surface area (TPSA) is 86.8 Å². The molecule has 1 N–H and O–H groups in total. The van der Waals surface area contributed by atoms with Gasteiger partial charge in [-0.1, -0.05) is 55.8 Å². The van der Waals surface area contributed by atoms with E-state index >= 15 is 0 Å². The molecule has 180 valence electrons. The van der Waals surface area contributed by atoms with Crippen LogP contribution >= 0.6 is 11.6 Å². The van der Waals surface area contributed by atoms with Gasteiger partial charge in [-0.25, -0.2) is 8.42 Å². The second-order valence-corrected chi connectivity index (χ2v) is 10.2. The Kier molecular flexibility index (Phi) is 9.73. The summed E-state index contributed by atoms with van der Waals surface area (Å²) < 4.78 is 26.4. The van der Waals surface area contributed by atoms with Crippen molar-refractivity contribution in [3.05, 3.63) is 64.7 Å². The summed E-state index contributed by atoms with van der Waals surface area (Å²) >= 11 is 5.98.